The minimum atomic E-state index is -3.70. The molecule has 2 aromatic carbocycles. The van der Waals surface area contributed by atoms with E-state index in [1.165, 1.54) is 23.0 Å². The van der Waals surface area contributed by atoms with Crippen LogP contribution < -0.4 is 22.2 Å². The molecule has 0 aliphatic carbocycles. The van der Waals surface area contributed by atoms with Crippen molar-refractivity contribution in [1.82, 2.24) is 24.7 Å². The van der Waals surface area contributed by atoms with Gasteiger partial charge in [0.1, 0.15) is 36.9 Å². The Morgan fingerprint density at radius 1 is 1.11 bits per heavy atom. The first-order valence-corrected chi connectivity index (χ1v) is 15.8. The number of imidazole rings is 1. The number of nitrogens with two attached hydrogens (primary N) is 3. The Balaban J connectivity index is 0.000000214. The van der Waals surface area contributed by atoms with Crippen molar-refractivity contribution in [2.24, 2.45) is 16.8 Å². The molecule has 1 unspecified atom stereocenters. The minimum absolute atomic E-state index is 0.0467. The number of primary sulfonamides is 1. The number of nitrogens with zero attached hydrogens (tertiary/aromatic N) is 4. The van der Waals surface area contributed by atoms with Crippen LogP contribution in [0.5, 0.6) is 0 Å². The van der Waals surface area contributed by atoms with E-state index in [9.17, 15) is 23.1 Å². The van der Waals surface area contributed by atoms with E-state index < -0.39 is 33.7 Å². The topological polar surface area (TPSA) is 258 Å². The molecule has 250 valence electrons. The number of aryl methyl sites for hydroxylation is 1. The molecular weight excluding hydrogens is 632 g/mol. The summed E-state index contributed by atoms with van der Waals surface area (Å²) in [6.45, 7) is 4.84. The molecule has 17 heteroatoms. The van der Waals surface area contributed by atoms with Crippen molar-refractivity contribution in [3.8, 4) is 22.4 Å². The molecule has 3 heterocycles. The third kappa shape index (κ3) is 8.66. The fourth-order valence-corrected chi connectivity index (χ4v) is 4.78. The molecule has 0 saturated carbocycles. The quantitative estimate of drug-likeness (QED) is 0.125. The number of esters is 1. The first kappa shape index (κ1) is 34.9. The number of rotatable bonds is 11. The number of aliphatic hydroxyl groups is 1. The highest BCUT2D eigenvalue weighted by atomic mass is 32.2. The molecule has 47 heavy (non-hydrogen) atoms. The summed E-state index contributed by atoms with van der Waals surface area (Å²) >= 11 is 0. The van der Waals surface area contributed by atoms with E-state index >= 15 is 0 Å². The SMILES string of the molecule is CC(C)[C@H](N)C(=O)OCC(CO)OCn1cnc2c(=O)[nH]c(N)nc21.Cc1onc(-c2ccccc2)c1-c1ccc(S(N)(=O)=O)cc1. The maximum atomic E-state index is 11.7. The van der Waals surface area contributed by atoms with E-state index in [4.69, 9.17) is 30.6 Å². The van der Waals surface area contributed by atoms with Gasteiger partial charge in [0, 0.05) is 5.56 Å². The zero-order valence-corrected chi connectivity index (χ0v) is 26.7. The number of aromatic nitrogens is 5. The summed E-state index contributed by atoms with van der Waals surface area (Å²) in [6, 6.07) is 15.3. The second-order valence-electron chi connectivity index (χ2n) is 10.7. The number of aliphatic hydroxyl groups excluding tert-OH is 1. The van der Waals surface area contributed by atoms with Crippen LogP contribution in [-0.4, -0.2) is 69.5 Å². The fraction of sp³-hybridized carbons (Fsp3) is 0.300. The Morgan fingerprint density at radius 3 is 2.40 bits per heavy atom. The maximum absolute atomic E-state index is 11.7. The Hall–Kier alpha value is -4.94. The van der Waals surface area contributed by atoms with E-state index in [0.29, 0.717) is 5.76 Å². The van der Waals surface area contributed by atoms with Crippen molar-refractivity contribution >= 4 is 33.1 Å². The summed E-state index contributed by atoms with van der Waals surface area (Å²) < 4.78 is 39.9. The molecule has 0 amide bonds. The molecule has 8 N–H and O–H groups in total. The smallest absolute Gasteiger partial charge is 0.323 e. The van der Waals surface area contributed by atoms with Gasteiger partial charge in [-0.25, -0.2) is 18.5 Å². The lowest BCUT2D eigenvalue weighted by atomic mass is 10.00. The molecule has 16 nitrogen and oxygen atoms in total. The van der Waals surface area contributed by atoms with Gasteiger partial charge < -0.3 is 30.6 Å². The molecule has 0 fully saturated rings. The minimum Gasteiger partial charge on any atom is -0.462 e. The molecule has 0 saturated heterocycles. The number of hydrogen-bond donors (Lipinski definition) is 5. The van der Waals surface area contributed by atoms with Gasteiger partial charge in [-0.1, -0.05) is 61.5 Å². The standard InChI is InChI=1S/C16H14N2O3S.C14H22N6O5/c1-11-15(12-7-9-14(10-8-12)22(17,19)20)16(18-21-11)13-5-3-2-4-6-13;1-7(2)9(15)13(23)24-4-8(3-21)25-6-20-5-17-10-11(20)18-14(16)19-12(10)22/h2-10H,1H3,(H2,17,19,20);5,7-9,21H,3-4,6,15H2,1-2H3,(H3,16,18,19,22)/t;8?,9-/m.0/s1. The number of nitrogens with one attached hydrogen (secondary N) is 1. The lowest BCUT2D eigenvalue weighted by Crippen LogP contribution is -2.39. The van der Waals surface area contributed by atoms with Gasteiger partial charge in [-0.3, -0.25) is 19.1 Å². The van der Waals surface area contributed by atoms with Crippen LogP contribution in [0.15, 0.2) is 75.1 Å². The second kappa shape index (κ2) is 15.1. The third-order valence-corrected chi connectivity index (χ3v) is 7.86. The van der Waals surface area contributed by atoms with Crippen LogP contribution in [0.1, 0.15) is 19.6 Å². The van der Waals surface area contributed by atoms with Gasteiger partial charge in [-0.05, 0) is 30.5 Å². The molecule has 2 atom stereocenters. The summed E-state index contributed by atoms with van der Waals surface area (Å²) in [4.78, 5) is 33.8. The van der Waals surface area contributed by atoms with Crippen LogP contribution in [0, 0.1) is 12.8 Å². The van der Waals surface area contributed by atoms with Crippen molar-refractivity contribution in [3.63, 3.8) is 0 Å². The number of fused-ring (bicyclic) bond motifs is 1. The van der Waals surface area contributed by atoms with E-state index in [1.807, 2.05) is 37.3 Å². The molecular formula is C30H36N8O8S. The van der Waals surface area contributed by atoms with Crippen molar-refractivity contribution < 1.29 is 32.3 Å². The number of carbonyl (C=O) groups is 1. The maximum Gasteiger partial charge on any atom is 0.323 e. The number of hydrogen-bond acceptors (Lipinski definition) is 13. The van der Waals surface area contributed by atoms with Gasteiger partial charge in [0.15, 0.2) is 11.2 Å². The molecule has 5 rings (SSSR count). The molecule has 5 aromatic rings. The largest absolute Gasteiger partial charge is 0.462 e. The fourth-order valence-electron chi connectivity index (χ4n) is 4.26. The Morgan fingerprint density at radius 2 is 1.79 bits per heavy atom. The second-order valence-corrected chi connectivity index (χ2v) is 12.3. The Labute approximate surface area is 269 Å². The van der Waals surface area contributed by atoms with Crippen LogP contribution in [0.25, 0.3) is 33.5 Å². The predicted octanol–water partition coefficient (Wildman–Crippen LogP) is 1.53. The van der Waals surface area contributed by atoms with Crippen LogP contribution in [0.3, 0.4) is 0 Å². The van der Waals surface area contributed by atoms with E-state index in [-0.39, 0.29) is 47.9 Å². The number of ether oxygens (including phenoxy) is 2. The van der Waals surface area contributed by atoms with Crippen molar-refractivity contribution in [1.29, 1.82) is 0 Å². The molecule has 0 radical (unpaired) electrons. The lowest BCUT2D eigenvalue weighted by Gasteiger charge is -2.19. The summed E-state index contributed by atoms with van der Waals surface area (Å²) in [5.41, 5.74) is 14.4. The lowest BCUT2D eigenvalue weighted by molar-refractivity contribution is -0.153. The van der Waals surface area contributed by atoms with Gasteiger partial charge in [0.25, 0.3) is 5.56 Å². The Kier molecular flexibility index (Phi) is 11.2. The van der Waals surface area contributed by atoms with Crippen molar-refractivity contribution in [3.05, 3.63) is 77.0 Å². The number of H-pyrrole nitrogens is 1. The van der Waals surface area contributed by atoms with Gasteiger partial charge in [0.2, 0.25) is 16.0 Å². The van der Waals surface area contributed by atoms with Crippen LogP contribution >= 0.6 is 0 Å². The highest BCUT2D eigenvalue weighted by Gasteiger charge is 2.21. The first-order valence-electron chi connectivity index (χ1n) is 14.3. The normalized spacial score (nSPS) is 12.8. The van der Waals surface area contributed by atoms with E-state index in [0.717, 1.165) is 22.4 Å². The van der Waals surface area contributed by atoms with E-state index in [1.54, 1.807) is 26.0 Å². The number of sulfonamides is 1. The van der Waals surface area contributed by atoms with Crippen LogP contribution in [-0.2, 0) is 31.0 Å². The van der Waals surface area contributed by atoms with Gasteiger partial charge in [0.05, 0.1) is 23.4 Å². The summed E-state index contributed by atoms with van der Waals surface area (Å²) in [7, 11) is -3.70. The molecule has 3 aromatic heterocycles. The van der Waals surface area contributed by atoms with Gasteiger partial charge in [-0.2, -0.15) is 4.98 Å². The summed E-state index contributed by atoms with van der Waals surface area (Å²) in [5, 5.41) is 18.6. The number of benzene rings is 2. The average Bonchev–Trinajstić information content (AvgIpc) is 3.64. The highest BCUT2D eigenvalue weighted by molar-refractivity contribution is 7.89. The van der Waals surface area contributed by atoms with E-state index in [2.05, 4.69) is 20.1 Å². The van der Waals surface area contributed by atoms with Crippen molar-refractivity contribution in [2.75, 3.05) is 18.9 Å². The van der Waals surface area contributed by atoms with Gasteiger partial charge >= 0.3 is 5.97 Å². The zero-order valence-electron chi connectivity index (χ0n) is 25.9. The molecule has 0 aliphatic rings. The average molecular weight is 669 g/mol. The zero-order chi connectivity index (χ0) is 34.3. The summed E-state index contributed by atoms with van der Waals surface area (Å²) in [5.74, 6) is -0.00388. The molecule has 0 bridgehead atoms. The number of anilines is 1. The van der Waals surface area contributed by atoms with Crippen LogP contribution in [0.4, 0.5) is 5.95 Å². The highest BCUT2D eigenvalue weighted by Crippen LogP contribution is 2.34. The Bertz CT molecular complexity index is 1970. The van der Waals surface area contributed by atoms with Crippen molar-refractivity contribution in [2.45, 2.75) is 44.5 Å². The van der Waals surface area contributed by atoms with Crippen LogP contribution in [0.2, 0.25) is 0 Å². The third-order valence-electron chi connectivity index (χ3n) is 6.93. The molecule has 0 aliphatic heterocycles. The number of carbonyl (C=O) groups excluding carboxylic acids is 1. The van der Waals surface area contributed by atoms with Gasteiger partial charge in [-0.15, -0.1) is 0 Å². The number of aromatic amines is 1. The summed E-state index contributed by atoms with van der Waals surface area (Å²) in [6.07, 6.45) is 0.599. The monoisotopic (exact) mass is 668 g/mol. The predicted molar refractivity (Wildman–Crippen MR) is 172 cm³/mol. The first-order chi connectivity index (χ1) is 22.3. The molecule has 0 spiro atoms. The number of nitrogen functional groups attached to an aromatic ring is 1.